The molecule has 0 aliphatic carbocycles. The van der Waals surface area contributed by atoms with Gasteiger partial charge in [-0.1, -0.05) is 18.3 Å². The van der Waals surface area contributed by atoms with Crippen molar-refractivity contribution in [1.82, 2.24) is 10.2 Å². The molecule has 7 heteroatoms. The maximum absolute atomic E-state index is 10.6. The van der Waals surface area contributed by atoms with Gasteiger partial charge in [0.05, 0.1) is 4.92 Å². The molecule has 0 radical (unpaired) electrons. The van der Waals surface area contributed by atoms with Gasteiger partial charge in [0.25, 0.3) is 0 Å². The molecule has 0 unspecified atom stereocenters. The molecule has 0 aromatic carbocycles. The number of nitro groups is 1. The SMILES string of the molecule is CCNCC1CCN(Cc2csc([N+](=O)[O-])c2)CC1.Cl. The largest absolute Gasteiger partial charge is 0.324 e. The zero-order chi connectivity index (χ0) is 13.7. The van der Waals surface area contributed by atoms with Crippen LogP contribution in [-0.2, 0) is 6.54 Å². The third-order valence-electron chi connectivity index (χ3n) is 3.62. The molecular formula is C13H22ClN3O2S. The normalized spacial score (nSPS) is 16.9. The maximum atomic E-state index is 10.6. The highest BCUT2D eigenvalue weighted by molar-refractivity contribution is 7.13. The minimum Gasteiger partial charge on any atom is -0.317 e. The van der Waals surface area contributed by atoms with Crippen molar-refractivity contribution in [1.29, 1.82) is 0 Å². The zero-order valence-corrected chi connectivity index (χ0v) is 13.3. The number of nitrogens with zero attached hydrogens (tertiary/aromatic N) is 2. The summed E-state index contributed by atoms with van der Waals surface area (Å²) in [5.41, 5.74) is 1.07. The first-order chi connectivity index (χ1) is 9.19. The Morgan fingerprint density at radius 1 is 1.50 bits per heavy atom. The molecule has 1 aromatic heterocycles. The Kier molecular flexibility index (Phi) is 7.43. The summed E-state index contributed by atoms with van der Waals surface area (Å²) in [6, 6.07) is 1.70. The van der Waals surface area contributed by atoms with Gasteiger partial charge in [-0.3, -0.25) is 15.0 Å². The van der Waals surface area contributed by atoms with E-state index in [2.05, 4.69) is 17.1 Å². The first-order valence-electron chi connectivity index (χ1n) is 6.84. The van der Waals surface area contributed by atoms with Crippen LogP contribution in [-0.4, -0.2) is 36.0 Å². The molecule has 0 atom stereocenters. The van der Waals surface area contributed by atoms with Crippen molar-refractivity contribution in [2.75, 3.05) is 26.2 Å². The second kappa shape index (κ2) is 8.56. The topological polar surface area (TPSA) is 58.4 Å². The van der Waals surface area contributed by atoms with Crippen LogP contribution in [0.15, 0.2) is 11.4 Å². The highest BCUT2D eigenvalue weighted by atomic mass is 35.5. The number of hydrogen-bond acceptors (Lipinski definition) is 5. The van der Waals surface area contributed by atoms with E-state index in [0.29, 0.717) is 0 Å². The number of rotatable bonds is 6. The molecule has 1 saturated heterocycles. The Labute approximate surface area is 129 Å². The molecule has 1 fully saturated rings. The predicted octanol–water partition coefficient (Wildman–Crippen LogP) is 2.90. The third kappa shape index (κ3) is 5.01. The van der Waals surface area contributed by atoms with E-state index in [1.54, 1.807) is 6.07 Å². The fourth-order valence-electron chi connectivity index (χ4n) is 2.50. The Hall–Kier alpha value is -0.690. The highest BCUT2D eigenvalue weighted by Gasteiger charge is 2.19. The minimum atomic E-state index is -0.309. The maximum Gasteiger partial charge on any atom is 0.324 e. The zero-order valence-electron chi connectivity index (χ0n) is 11.7. The van der Waals surface area contributed by atoms with Gasteiger partial charge in [-0.2, -0.15) is 0 Å². The average molecular weight is 320 g/mol. The Morgan fingerprint density at radius 3 is 2.75 bits per heavy atom. The number of thiophene rings is 1. The summed E-state index contributed by atoms with van der Waals surface area (Å²) in [5, 5.41) is 16.2. The van der Waals surface area contributed by atoms with Crippen LogP contribution in [0.4, 0.5) is 5.00 Å². The summed E-state index contributed by atoms with van der Waals surface area (Å²) in [6.07, 6.45) is 2.44. The lowest BCUT2D eigenvalue weighted by Gasteiger charge is -2.31. The summed E-state index contributed by atoms with van der Waals surface area (Å²) in [7, 11) is 0. The fourth-order valence-corrected chi connectivity index (χ4v) is 3.22. The summed E-state index contributed by atoms with van der Waals surface area (Å²) in [4.78, 5) is 12.7. The molecule has 1 aliphatic rings. The molecule has 0 saturated carbocycles. The molecular weight excluding hydrogens is 298 g/mol. The van der Waals surface area contributed by atoms with Crippen molar-refractivity contribution >= 4 is 28.7 Å². The molecule has 0 spiro atoms. The predicted molar refractivity (Wildman–Crippen MR) is 84.8 cm³/mol. The van der Waals surface area contributed by atoms with Crippen LogP contribution in [0.3, 0.4) is 0 Å². The van der Waals surface area contributed by atoms with Crippen LogP contribution < -0.4 is 5.32 Å². The molecule has 0 bridgehead atoms. The van der Waals surface area contributed by atoms with Crippen LogP contribution in [0.5, 0.6) is 0 Å². The van der Waals surface area contributed by atoms with Crippen molar-refractivity contribution in [2.45, 2.75) is 26.3 Å². The van der Waals surface area contributed by atoms with E-state index < -0.39 is 0 Å². The number of likely N-dealkylation sites (tertiary alicyclic amines) is 1. The lowest BCUT2D eigenvalue weighted by atomic mass is 9.96. The molecule has 2 heterocycles. The quantitative estimate of drug-likeness (QED) is 0.647. The summed E-state index contributed by atoms with van der Waals surface area (Å²) < 4.78 is 0. The van der Waals surface area contributed by atoms with Crippen molar-refractivity contribution in [3.63, 3.8) is 0 Å². The summed E-state index contributed by atoms with van der Waals surface area (Å²) in [6.45, 7) is 7.34. The first-order valence-corrected chi connectivity index (χ1v) is 7.72. The third-order valence-corrected chi connectivity index (χ3v) is 4.55. The summed E-state index contributed by atoms with van der Waals surface area (Å²) in [5.74, 6) is 0.785. The number of hydrogen-bond donors (Lipinski definition) is 1. The first kappa shape index (κ1) is 17.4. The molecule has 1 N–H and O–H groups in total. The fraction of sp³-hybridized carbons (Fsp3) is 0.692. The lowest BCUT2D eigenvalue weighted by molar-refractivity contribution is -0.380. The minimum absolute atomic E-state index is 0. The average Bonchev–Trinajstić information content (AvgIpc) is 2.87. The van der Waals surface area contributed by atoms with Gasteiger partial charge >= 0.3 is 5.00 Å². The molecule has 114 valence electrons. The van der Waals surface area contributed by atoms with Crippen LogP contribution in [0.1, 0.15) is 25.3 Å². The van der Waals surface area contributed by atoms with Crippen LogP contribution in [0, 0.1) is 16.0 Å². The van der Waals surface area contributed by atoms with Gasteiger partial charge in [-0.25, -0.2) is 0 Å². The van der Waals surface area contributed by atoms with Gasteiger partial charge in [-0.05, 0) is 50.5 Å². The van der Waals surface area contributed by atoms with Gasteiger partial charge in [0.15, 0.2) is 0 Å². The Bertz CT molecular complexity index is 420. The van der Waals surface area contributed by atoms with E-state index >= 15 is 0 Å². The van der Waals surface area contributed by atoms with Crippen molar-refractivity contribution in [3.05, 3.63) is 27.1 Å². The monoisotopic (exact) mass is 319 g/mol. The second-order valence-corrected chi connectivity index (χ2v) is 5.97. The molecule has 20 heavy (non-hydrogen) atoms. The van der Waals surface area contributed by atoms with Gasteiger partial charge in [0.1, 0.15) is 0 Å². The van der Waals surface area contributed by atoms with Gasteiger partial charge < -0.3 is 5.32 Å². The smallest absolute Gasteiger partial charge is 0.317 e. The van der Waals surface area contributed by atoms with E-state index in [4.69, 9.17) is 0 Å². The second-order valence-electron chi connectivity index (χ2n) is 5.08. The summed E-state index contributed by atoms with van der Waals surface area (Å²) >= 11 is 1.22. The van der Waals surface area contributed by atoms with Gasteiger partial charge in [0, 0.05) is 18.0 Å². The van der Waals surface area contributed by atoms with Crippen molar-refractivity contribution in [2.24, 2.45) is 5.92 Å². The molecule has 0 amide bonds. The van der Waals surface area contributed by atoms with Crippen LogP contribution >= 0.6 is 23.7 Å². The van der Waals surface area contributed by atoms with E-state index in [0.717, 1.165) is 44.2 Å². The lowest BCUT2D eigenvalue weighted by Crippen LogP contribution is -2.36. The van der Waals surface area contributed by atoms with Crippen LogP contribution in [0.25, 0.3) is 0 Å². The Balaban J connectivity index is 0.00000200. The molecule has 2 rings (SSSR count). The molecule has 1 aliphatic heterocycles. The number of piperidine rings is 1. The highest BCUT2D eigenvalue weighted by Crippen LogP contribution is 2.25. The van der Waals surface area contributed by atoms with E-state index in [1.807, 2.05) is 5.38 Å². The van der Waals surface area contributed by atoms with E-state index in [9.17, 15) is 10.1 Å². The number of halogens is 1. The van der Waals surface area contributed by atoms with Crippen molar-refractivity contribution in [3.8, 4) is 0 Å². The van der Waals surface area contributed by atoms with Crippen molar-refractivity contribution < 1.29 is 4.92 Å². The molecule has 5 nitrogen and oxygen atoms in total. The van der Waals surface area contributed by atoms with Crippen LogP contribution in [0.2, 0.25) is 0 Å². The standard InChI is InChI=1S/C13H21N3O2S.ClH/c1-2-14-8-11-3-5-15(6-4-11)9-12-7-13(16(17)18)19-10-12;/h7,10-11,14H,2-6,8-9H2,1H3;1H. The number of nitrogens with one attached hydrogen (secondary N) is 1. The van der Waals surface area contributed by atoms with Gasteiger partial charge in [0.2, 0.25) is 0 Å². The van der Waals surface area contributed by atoms with Gasteiger partial charge in [-0.15, -0.1) is 12.4 Å². The van der Waals surface area contributed by atoms with E-state index in [-0.39, 0.29) is 22.3 Å². The molecule has 1 aromatic rings. The van der Waals surface area contributed by atoms with E-state index in [1.165, 1.54) is 24.2 Å². The Morgan fingerprint density at radius 2 is 2.20 bits per heavy atom.